The van der Waals surface area contributed by atoms with Gasteiger partial charge in [-0.25, -0.2) is 0 Å². The molecule has 0 aliphatic rings. The number of hydrogen-bond acceptors (Lipinski definition) is 3. The van der Waals surface area contributed by atoms with Gasteiger partial charge in [0.2, 0.25) is 0 Å². The van der Waals surface area contributed by atoms with Crippen molar-refractivity contribution in [2.45, 2.75) is 20.8 Å². The largest absolute Gasteiger partial charge is 0.467 e. The SMILES string of the molecule is CC.COc1nnc2ccc(C)cn12. The molecule has 0 N–H and O–H groups in total. The first-order valence-corrected chi connectivity index (χ1v) is 4.66. The van der Waals surface area contributed by atoms with E-state index >= 15 is 0 Å². The second-order valence-electron chi connectivity index (χ2n) is 2.62. The first-order chi connectivity index (χ1) is 6.81. The van der Waals surface area contributed by atoms with Crippen molar-refractivity contribution < 1.29 is 4.74 Å². The number of rotatable bonds is 1. The molecule has 2 aromatic rings. The van der Waals surface area contributed by atoms with Gasteiger partial charge < -0.3 is 4.74 Å². The van der Waals surface area contributed by atoms with E-state index in [4.69, 9.17) is 4.74 Å². The Kier molecular flexibility index (Phi) is 3.45. The number of ether oxygens (including phenoxy) is 1. The van der Waals surface area contributed by atoms with Gasteiger partial charge in [-0.2, -0.15) is 0 Å². The van der Waals surface area contributed by atoms with Crippen molar-refractivity contribution >= 4 is 5.65 Å². The van der Waals surface area contributed by atoms with Crippen molar-refractivity contribution in [3.8, 4) is 6.01 Å². The zero-order valence-electron chi connectivity index (χ0n) is 8.98. The average molecular weight is 193 g/mol. The van der Waals surface area contributed by atoms with Crippen molar-refractivity contribution in [3.63, 3.8) is 0 Å². The highest BCUT2D eigenvalue weighted by molar-refractivity contribution is 5.40. The average Bonchev–Trinajstić information content (AvgIpc) is 2.63. The maximum Gasteiger partial charge on any atom is 0.321 e. The molecule has 2 aromatic heterocycles. The van der Waals surface area contributed by atoms with Crippen LogP contribution in [0.3, 0.4) is 0 Å². The normalized spacial score (nSPS) is 9.43. The van der Waals surface area contributed by atoms with E-state index < -0.39 is 0 Å². The molecule has 0 aliphatic heterocycles. The molecule has 0 bridgehead atoms. The maximum absolute atomic E-state index is 5.01. The number of nitrogens with zero attached hydrogens (tertiary/aromatic N) is 3. The van der Waals surface area contributed by atoms with Crippen molar-refractivity contribution in [1.82, 2.24) is 14.6 Å². The van der Waals surface area contributed by atoms with Crippen LogP contribution in [0.5, 0.6) is 6.01 Å². The summed E-state index contributed by atoms with van der Waals surface area (Å²) in [4.78, 5) is 0. The van der Waals surface area contributed by atoms with Gasteiger partial charge in [-0.05, 0) is 18.6 Å². The van der Waals surface area contributed by atoms with Gasteiger partial charge in [-0.3, -0.25) is 4.40 Å². The molecule has 0 amide bonds. The lowest BCUT2D eigenvalue weighted by molar-refractivity contribution is 0.375. The Hall–Kier alpha value is -1.58. The third kappa shape index (κ3) is 1.84. The van der Waals surface area contributed by atoms with Crippen LogP contribution in [0, 0.1) is 6.92 Å². The van der Waals surface area contributed by atoms with Crippen LogP contribution in [0.2, 0.25) is 0 Å². The Balaban J connectivity index is 0.000000461. The lowest BCUT2D eigenvalue weighted by Crippen LogP contribution is -1.91. The van der Waals surface area contributed by atoms with Gasteiger partial charge in [0.25, 0.3) is 0 Å². The first kappa shape index (κ1) is 10.5. The Morgan fingerprint density at radius 3 is 2.57 bits per heavy atom. The van der Waals surface area contributed by atoms with Crippen LogP contribution in [-0.2, 0) is 0 Å². The summed E-state index contributed by atoms with van der Waals surface area (Å²) in [7, 11) is 1.58. The van der Waals surface area contributed by atoms with Gasteiger partial charge in [0.15, 0.2) is 5.65 Å². The molecule has 2 heterocycles. The minimum Gasteiger partial charge on any atom is -0.467 e. The zero-order chi connectivity index (χ0) is 10.6. The van der Waals surface area contributed by atoms with E-state index in [-0.39, 0.29) is 0 Å². The zero-order valence-corrected chi connectivity index (χ0v) is 8.98. The molecule has 4 heteroatoms. The smallest absolute Gasteiger partial charge is 0.321 e. The number of fused-ring (bicyclic) bond motifs is 1. The third-order valence-electron chi connectivity index (χ3n) is 1.70. The highest BCUT2D eigenvalue weighted by atomic mass is 16.5. The number of aryl methyl sites for hydroxylation is 1. The van der Waals surface area contributed by atoms with E-state index in [1.807, 2.05) is 43.5 Å². The fourth-order valence-corrected chi connectivity index (χ4v) is 1.12. The summed E-state index contributed by atoms with van der Waals surface area (Å²) in [5, 5.41) is 7.76. The molecule has 0 radical (unpaired) electrons. The van der Waals surface area contributed by atoms with E-state index in [0.29, 0.717) is 6.01 Å². The molecular formula is C10H15N3O. The molecular weight excluding hydrogens is 178 g/mol. The fourth-order valence-electron chi connectivity index (χ4n) is 1.12. The molecule has 2 rings (SSSR count). The minimum absolute atomic E-state index is 0.522. The summed E-state index contributed by atoms with van der Waals surface area (Å²) in [5.74, 6) is 0. The van der Waals surface area contributed by atoms with Gasteiger partial charge >= 0.3 is 6.01 Å². The Labute approximate surface area is 83.5 Å². The maximum atomic E-state index is 5.01. The second-order valence-corrected chi connectivity index (χ2v) is 2.62. The molecule has 0 saturated carbocycles. The molecule has 0 atom stereocenters. The summed E-state index contributed by atoms with van der Waals surface area (Å²) in [5.41, 5.74) is 1.96. The Bertz CT molecular complexity index is 409. The number of pyridine rings is 1. The third-order valence-corrected chi connectivity index (χ3v) is 1.70. The van der Waals surface area contributed by atoms with Crippen LogP contribution in [0.4, 0.5) is 0 Å². The Morgan fingerprint density at radius 1 is 1.21 bits per heavy atom. The standard InChI is InChI=1S/C8H9N3O.C2H6/c1-6-3-4-7-9-10-8(12-2)11(7)5-6;1-2/h3-5H,1-2H3;1-2H3. The minimum atomic E-state index is 0.522. The van der Waals surface area contributed by atoms with E-state index in [0.717, 1.165) is 11.2 Å². The van der Waals surface area contributed by atoms with Crippen LogP contribution in [-0.4, -0.2) is 21.7 Å². The highest BCUT2D eigenvalue weighted by Gasteiger charge is 2.02. The number of methoxy groups -OCH3 is 1. The fraction of sp³-hybridized carbons (Fsp3) is 0.400. The van der Waals surface area contributed by atoms with Gasteiger partial charge in [0.1, 0.15) is 0 Å². The molecule has 76 valence electrons. The van der Waals surface area contributed by atoms with Gasteiger partial charge in [0, 0.05) is 6.20 Å². The summed E-state index contributed by atoms with van der Waals surface area (Å²) < 4.78 is 6.83. The van der Waals surface area contributed by atoms with Gasteiger partial charge in [-0.15, -0.1) is 5.10 Å². The molecule has 14 heavy (non-hydrogen) atoms. The van der Waals surface area contributed by atoms with Crippen LogP contribution < -0.4 is 4.74 Å². The quantitative estimate of drug-likeness (QED) is 0.696. The second kappa shape index (κ2) is 4.60. The van der Waals surface area contributed by atoms with Crippen molar-refractivity contribution in [3.05, 3.63) is 23.9 Å². The highest BCUT2D eigenvalue weighted by Crippen LogP contribution is 2.10. The summed E-state index contributed by atoms with van der Waals surface area (Å²) >= 11 is 0. The van der Waals surface area contributed by atoms with Gasteiger partial charge in [-0.1, -0.05) is 25.0 Å². The van der Waals surface area contributed by atoms with Crippen LogP contribution in [0.15, 0.2) is 18.3 Å². The van der Waals surface area contributed by atoms with Gasteiger partial charge in [0.05, 0.1) is 7.11 Å². The molecule has 4 nitrogen and oxygen atoms in total. The van der Waals surface area contributed by atoms with E-state index in [1.54, 1.807) is 7.11 Å². The predicted octanol–water partition coefficient (Wildman–Crippen LogP) is 2.07. The number of aromatic nitrogens is 3. The van der Waals surface area contributed by atoms with E-state index in [1.165, 1.54) is 0 Å². The van der Waals surface area contributed by atoms with Crippen molar-refractivity contribution in [2.75, 3.05) is 7.11 Å². The van der Waals surface area contributed by atoms with Crippen molar-refractivity contribution in [1.29, 1.82) is 0 Å². The molecule has 0 saturated heterocycles. The molecule has 0 spiro atoms. The topological polar surface area (TPSA) is 39.4 Å². The van der Waals surface area contributed by atoms with Crippen LogP contribution in [0.25, 0.3) is 5.65 Å². The summed E-state index contributed by atoms with van der Waals surface area (Å²) in [6.45, 7) is 6.01. The van der Waals surface area contributed by atoms with Crippen LogP contribution in [0.1, 0.15) is 19.4 Å². The molecule has 0 aromatic carbocycles. The van der Waals surface area contributed by atoms with E-state index in [2.05, 4.69) is 10.2 Å². The Morgan fingerprint density at radius 2 is 1.93 bits per heavy atom. The lowest BCUT2D eigenvalue weighted by Gasteiger charge is -1.97. The summed E-state index contributed by atoms with van der Waals surface area (Å²) in [6.07, 6.45) is 1.94. The molecule has 0 aliphatic carbocycles. The predicted molar refractivity (Wildman–Crippen MR) is 55.6 cm³/mol. The lowest BCUT2D eigenvalue weighted by atomic mass is 10.3. The molecule has 0 unspecified atom stereocenters. The first-order valence-electron chi connectivity index (χ1n) is 4.66. The monoisotopic (exact) mass is 193 g/mol. The van der Waals surface area contributed by atoms with Crippen LogP contribution >= 0.6 is 0 Å². The summed E-state index contributed by atoms with van der Waals surface area (Å²) in [6, 6.07) is 4.42. The van der Waals surface area contributed by atoms with Crippen molar-refractivity contribution in [2.24, 2.45) is 0 Å². The number of hydrogen-bond donors (Lipinski definition) is 0. The van der Waals surface area contributed by atoms with E-state index in [9.17, 15) is 0 Å². The molecule has 0 fully saturated rings.